The Morgan fingerprint density at radius 3 is 2.40 bits per heavy atom. The number of amides is 1. The molecule has 0 radical (unpaired) electrons. The minimum absolute atomic E-state index is 0.0769. The van der Waals surface area contributed by atoms with E-state index in [1.165, 1.54) is 12.1 Å². The molecule has 1 N–H and O–H groups in total. The second-order valence-electron chi connectivity index (χ2n) is 6.09. The highest BCUT2D eigenvalue weighted by molar-refractivity contribution is 5.96. The first-order valence-electron chi connectivity index (χ1n) is 8.20. The van der Waals surface area contributed by atoms with E-state index in [-0.39, 0.29) is 11.5 Å². The smallest absolute Gasteiger partial charge is 0.335 e. The molecule has 0 saturated heterocycles. The van der Waals surface area contributed by atoms with Gasteiger partial charge in [-0.25, -0.2) is 9.78 Å². The zero-order valence-electron chi connectivity index (χ0n) is 13.6. The van der Waals surface area contributed by atoms with E-state index in [4.69, 9.17) is 5.11 Å². The molecule has 0 saturated carbocycles. The summed E-state index contributed by atoms with van der Waals surface area (Å²) in [5.41, 5.74) is 2.77. The molecule has 0 aliphatic carbocycles. The SMILES string of the molecule is O=C(O)c1ccc(C(=O)N2CCc3nc4ccccc4n3CC2)cc1. The number of hydrogen-bond donors (Lipinski definition) is 1. The van der Waals surface area contributed by atoms with Crippen molar-refractivity contribution in [3.05, 3.63) is 65.5 Å². The van der Waals surface area contributed by atoms with Gasteiger partial charge in [0.2, 0.25) is 0 Å². The Kier molecular flexibility index (Phi) is 3.72. The van der Waals surface area contributed by atoms with E-state index in [1.807, 2.05) is 24.3 Å². The van der Waals surface area contributed by atoms with Crippen LogP contribution in [-0.4, -0.2) is 44.5 Å². The number of fused-ring (bicyclic) bond motifs is 3. The van der Waals surface area contributed by atoms with Gasteiger partial charge >= 0.3 is 5.97 Å². The van der Waals surface area contributed by atoms with Crippen molar-refractivity contribution in [1.29, 1.82) is 0 Å². The Morgan fingerprint density at radius 1 is 0.920 bits per heavy atom. The lowest BCUT2D eigenvalue weighted by molar-refractivity contribution is 0.0694. The summed E-state index contributed by atoms with van der Waals surface area (Å²) in [5, 5.41) is 8.96. The number of benzene rings is 2. The average molecular weight is 335 g/mol. The molecular weight excluding hydrogens is 318 g/mol. The highest BCUT2D eigenvalue weighted by Gasteiger charge is 2.22. The predicted octanol–water partition coefficient (Wildman–Crippen LogP) is 2.43. The first kappa shape index (κ1) is 15.4. The zero-order valence-corrected chi connectivity index (χ0v) is 13.6. The monoisotopic (exact) mass is 335 g/mol. The van der Waals surface area contributed by atoms with E-state index in [2.05, 4.69) is 9.55 Å². The van der Waals surface area contributed by atoms with Gasteiger partial charge in [0.1, 0.15) is 5.82 Å². The number of carboxylic acid groups (broad SMARTS) is 1. The van der Waals surface area contributed by atoms with Crippen molar-refractivity contribution in [3.8, 4) is 0 Å². The van der Waals surface area contributed by atoms with E-state index in [1.54, 1.807) is 17.0 Å². The molecule has 25 heavy (non-hydrogen) atoms. The highest BCUT2D eigenvalue weighted by Crippen LogP contribution is 2.19. The summed E-state index contributed by atoms with van der Waals surface area (Å²) in [5.74, 6) is -0.0733. The van der Waals surface area contributed by atoms with Gasteiger partial charge in [-0.15, -0.1) is 0 Å². The van der Waals surface area contributed by atoms with E-state index < -0.39 is 5.97 Å². The molecule has 1 aromatic heterocycles. The van der Waals surface area contributed by atoms with Crippen LogP contribution in [0.4, 0.5) is 0 Å². The van der Waals surface area contributed by atoms with Crippen LogP contribution in [0.2, 0.25) is 0 Å². The van der Waals surface area contributed by atoms with Crippen LogP contribution in [0, 0.1) is 0 Å². The Labute approximate surface area is 144 Å². The fraction of sp³-hybridized carbons (Fsp3) is 0.211. The standard InChI is InChI=1S/C19H17N3O3/c23-18(13-5-7-14(8-6-13)19(24)25)21-10-9-17-20-15-3-1-2-4-16(15)22(17)12-11-21/h1-8H,9-12H2,(H,24,25). The molecule has 0 unspecified atom stereocenters. The van der Waals surface area contributed by atoms with Crippen molar-refractivity contribution in [1.82, 2.24) is 14.5 Å². The van der Waals surface area contributed by atoms with Crippen LogP contribution in [0.25, 0.3) is 11.0 Å². The van der Waals surface area contributed by atoms with Crippen LogP contribution >= 0.6 is 0 Å². The molecule has 2 heterocycles. The summed E-state index contributed by atoms with van der Waals surface area (Å²) in [4.78, 5) is 30.1. The first-order valence-corrected chi connectivity index (χ1v) is 8.20. The van der Waals surface area contributed by atoms with Crippen molar-refractivity contribution >= 4 is 22.9 Å². The molecule has 0 spiro atoms. The number of aromatic carboxylic acids is 1. The maximum absolute atomic E-state index is 12.7. The highest BCUT2D eigenvalue weighted by atomic mass is 16.4. The maximum atomic E-state index is 12.7. The van der Waals surface area contributed by atoms with Crippen LogP contribution < -0.4 is 0 Å². The topological polar surface area (TPSA) is 75.4 Å². The largest absolute Gasteiger partial charge is 0.478 e. The van der Waals surface area contributed by atoms with E-state index in [0.29, 0.717) is 31.6 Å². The van der Waals surface area contributed by atoms with Gasteiger partial charge in [-0.3, -0.25) is 4.79 Å². The van der Waals surface area contributed by atoms with Crippen LogP contribution in [0.15, 0.2) is 48.5 Å². The van der Waals surface area contributed by atoms with Crippen molar-refractivity contribution in [2.45, 2.75) is 13.0 Å². The van der Waals surface area contributed by atoms with Gasteiger partial charge in [0, 0.05) is 31.6 Å². The summed E-state index contributed by atoms with van der Waals surface area (Å²) in [6, 6.07) is 14.1. The fourth-order valence-electron chi connectivity index (χ4n) is 3.27. The number of carbonyl (C=O) groups excluding carboxylic acids is 1. The third kappa shape index (κ3) is 2.76. The normalized spacial score (nSPS) is 14.2. The number of aromatic nitrogens is 2. The van der Waals surface area contributed by atoms with Gasteiger partial charge in [-0.1, -0.05) is 12.1 Å². The van der Waals surface area contributed by atoms with Crippen LogP contribution in [0.1, 0.15) is 26.5 Å². The number of nitrogens with zero attached hydrogens (tertiary/aromatic N) is 3. The van der Waals surface area contributed by atoms with Gasteiger partial charge in [0.25, 0.3) is 5.91 Å². The van der Waals surface area contributed by atoms with Crippen molar-refractivity contribution < 1.29 is 14.7 Å². The molecule has 1 aliphatic rings. The minimum atomic E-state index is -0.994. The Morgan fingerprint density at radius 2 is 1.64 bits per heavy atom. The van der Waals surface area contributed by atoms with Crippen LogP contribution in [0.3, 0.4) is 0 Å². The second kappa shape index (κ2) is 6.05. The summed E-state index contributed by atoms with van der Waals surface area (Å²) in [6.45, 7) is 1.91. The summed E-state index contributed by atoms with van der Waals surface area (Å²) in [6.07, 6.45) is 0.702. The van der Waals surface area contributed by atoms with Gasteiger partial charge in [0.05, 0.1) is 16.6 Å². The van der Waals surface area contributed by atoms with E-state index in [0.717, 1.165) is 16.9 Å². The van der Waals surface area contributed by atoms with Gasteiger partial charge < -0.3 is 14.6 Å². The van der Waals surface area contributed by atoms with Gasteiger partial charge in [0.15, 0.2) is 0 Å². The van der Waals surface area contributed by atoms with Crippen LogP contribution in [0.5, 0.6) is 0 Å². The molecule has 2 aromatic carbocycles. The first-order chi connectivity index (χ1) is 12.1. The number of carbonyl (C=O) groups is 2. The molecule has 6 nitrogen and oxygen atoms in total. The van der Waals surface area contributed by atoms with E-state index in [9.17, 15) is 9.59 Å². The second-order valence-corrected chi connectivity index (χ2v) is 6.09. The lowest BCUT2D eigenvalue weighted by atomic mass is 10.1. The lowest BCUT2D eigenvalue weighted by Gasteiger charge is -2.20. The van der Waals surface area contributed by atoms with Crippen molar-refractivity contribution in [2.75, 3.05) is 13.1 Å². The number of carboxylic acids is 1. The summed E-state index contributed by atoms with van der Waals surface area (Å²) < 4.78 is 2.18. The molecule has 4 rings (SSSR count). The molecule has 0 bridgehead atoms. The average Bonchev–Trinajstić information content (AvgIpc) is 2.85. The fourth-order valence-corrected chi connectivity index (χ4v) is 3.27. The van der Waals surface area contributed by atoms with Gasteiger partial charge in [-0.05, 0) is 36.4 Å². The van der Waals surface area contributed by atoms with Gasteiger partial charge in [-0.2, -0.15) is 0 Å². The zero-order chi connectivity index (χ0) is 17.4. The van der Waals surface area contributed by atoms with E-state index >= 15 is 0 Å². The van der Waals surface area contributed by atoms with Crippen molar-refractivity contribution in [2.24, 2.45) is 0 Å². The number of imidazole rings is 1. The maximum Gasteiger partial charge on any atom is 0.335 e. The Hall–Kier alpha value is -3.15. The number of para-hydroxylation sites is 2. The Bertz CT molecular complexity index is 960. The molecule has 126 valence electrons. The number of rotatable bonds is 2. The molecule has 0 fully saturated rings. The molecular formula is C19H17N3O3. The third-order valence-electron chi connectivity index (χ3n) is 4.60. The molecule has 1 aliphatic heterocycles. The molecule has 3 aromatic rings. The van der Waals surface area contributed by atoms with Crippen molar-refractivity contribution in [3.63, 3.8) is 0 Å². The molecule has 1 amide bonds. The molecule has 6 heteroatoms. The summed E-state index contributed by atoms with van der Waals surface area (Å²) in [7, 11) is 0. The lowest BCUT2D eigenvalue weighted by Crippen LogP contribution is -2.33. The quantitative estimate of drug-likeness (QED) is 0.780. The number of hydrogen-bond acceptors (Lipinski definition) is 3. The molecule has 0 atom stereocenters. The Balaban J connectivity index is 1.55. The minimum Gasteiger partial charge on any atom is -0.478 e. The predicted molar refractivity (Wildman–Crippen MR) is 92.7 cm³/mol. The summed E-state index contributed by atoms with van der Waals surface area (Å²) >= 11 is 0. The van der Waals surface area contributed by atoms with Crippen LogP contribution in [-0.2, 0) is 13.0 Å². The third-order valence-corrected chi connectivity index (χ3v) is 4.60.